The zero-order valence-electron chi connectivity index (χ0n) is 37.8. The quantitative estimate of drug-likeness (QED) is 0.0587. The number of rotatable bonds is 23. The van der Waals surface area contributed by atoms with Crippen molar-refractivity contribution in [2.45, 2.75) is 159 Å². The Hall–Kier alpha value is -3.98. The molecule has 4 aliphatic rings. The summed E-state index contributed by atoms with van der Waals surface area (Å²) in [5, 5.41) is 21.2. The maximum absolute atomic E-state index is 13.7. The third-order valence-corrected chi connectivity index (χ3v) is 14.8. The smallest absolute Gasteiger partial charge is 0.404 e. The second-order valence-electron chi connectivity index (χ2n) is 18.4. The van der Waals surface area contributed by atoms with Crippen LogP contribution in [0.15, 0.2) is 47.5 Å². The molecule has 3 saturated carbocycles. The lowest BCUT2D eigenvalue weighted by atomic mass is 9.43. The SMILES string of the molecule is CCCCc1ccc(-c2ccc(S(=O)(=O)N[C@@H](CCN)C(=O)N[C@H](C(=O)N[C@@H](C)C(=O)N[C@@H](CCCCN)C(=O)N[C@@H](C)B3O[C@@H]4C[C@@H]5C[C@@H](C5(C)C)[C@]4(C)O3)[C@@H](C)O)cn2)cc1. The van der Waals surface area contributed by atoms with Crippen LogP contribution in [-0.4, -0.2) is 110 Å². The summed E-state index contributed by atoms with van der Waals surface area (Å²) in [6.07, 6.45) is 6.06. The van der Waals surface area contributed by atoms with E-state index in [1.54, 1.807) is 13.0 Å². The Morgan fingerprint density at radius 1 is 0.857 bits per heavy atom. The van der Waals surface area contributed by atoms with Crippen molar-refractivity contribution in [3.63, 3.8) is 0 Å². The van der Waals surface area contributed by atoms with Gasteiger partial charge in [0.25, 0.3) is 0 Å². The van der Waals surface area contributed by atoms with Gasteiger partial charge in [0.05, 0.1) is 29.4 Å². The molecule has 2 bridgehead atoms. The molecule has 1 aliphatic heterocycles. The summed E-state index contributed by atoms with van der Waals surface area (Å²) in [6, 6.07) is 5.63. The largest absolute Gasteiger partial charge is 0.481 e. The minimum Gasteiger partial charge on any atom is -0.404 e. The van der Waals surface area contributed by atoms with E-state index in [9.17, 15) is 32.7 Å². The fraction of sp³-hybridized carbons (Fsp3) is 0.659. The average molecular weight is 897 g/mol. The van der Waals surface area contributed by atoms with Gasteiger partial charge in [-0.25, -0.2) is 8.42 Å². The first kappa shape index (κ1) is 50.0. The Balaban J connectivity index is 1.17. The predicted molar refractivity (Wildman–Crippen MR) is 240 cm³/mol. The van der Waals surface area contributed by atoms with Crippen LogP contribution in [0.5, 0.6) is 0 Å². The van der Waals surface area contributed by atoms with Gasteiger partial charge in [-0.3, -0.25) is 24.2 Å². The number of nitrogens with two attached hydrogens (primary N) is 2. The van der Waals surface area contributed by atoms with E-state index in [1.165, 1.54) is 31.7 Å². The average Bonchev–Trinajstić information content (AvgIpc) is 3.61. The lowest BCUT2D eigenvalue weighted by Gasteiger charge is -2.64. The molecular formula is C44H69BN8O9S. The highest BCUT2D eigenvalue weighted by Gasteiger charge is 2.68. The van der Waals surface area contributed by atoms with Crippen molar-refractivity contribution in [1.29, 1.82) is 0 Å². The Morgan fingerprint density at radius 3 is 2.16 bits per heavy atom. The molecule has 0 unspecified atom stereocenters. The molecule has 348 valence electrons. The predicted octanol–water partition coefficient (Wildman–Crippen LogP) is 1.84. The van der Waals surface area contributed by atoms with Crippen LogP contribution in [0.2, 0.25) is 0 Å². The van der Waals surface area contributed by atoms with Crippen molar-refractivity contribution in [2.24, 2.45) is 28.7 Å². The summed E-state index contributed by atoms with van der Waals surface area (Å²) in [7, 11) is -4.97. The van der Waals surface area contributed by atoms with E-state index < -0.39 is 82.6 Å². The second kappa shape index (κ2) is 21.3. The van der Waals surface area contributed by atoms with Crippen molar-refractivity contribution in [1.82, 2.24) is 31.0 Å². The molecule has 2 heterocycles. The van der Waals surface area contributed by atoms with Crippen LogP contribution in [0, 0.1) is 17.3 Å². The van der Waals surface area contributed by atoms with Crippen LogP contribution >= 0.6 is 0 Å². The number of aliphatic hydroxyl groups is 1. The van der Waals surface area contributed by atoms with Crippen molar-refractivity contribution in [3.8, 4) is 11.3 Å². The number of pyridine rings is 1. The first-order valence-corrected chi connectivity index (χ1v) is 23.9. The number of nitrogens with one attached hydrogen (secondary N) is 5. The number of hydrogen-bond donors (Lipinski definition) is 8. The van der Waals surface area contributed by atoms with Gasteiger partial charge in [0.15, 0.2) is 0 Å². The van der Waals surface area contributed by atoms with Gasteiger partial charge in [-0.05, 0) is 127 Å². The third-order valence-electron chi connectivity index (χ3n) is 13.3. The van der Waals surface area contributed by atoms with Gasteiger partial charge in [-0.1, -0.05) is 51.5 Å². The fourth-order valence-corrected chi connectivity index (χ4v) is 10.4. The number of nitrogens with zero attached hydrogens (tertiary/aromatic N) is 1. The summed E-state index contributed by atoms with van der Waals surface area (Å²) < 4.78 is 42.1. The highest BCUT2D eigenvalue weighted by Crippen LogP contribution is 2.65. The monoisotopic (exact) mass is 897 g/mol. The number of aromatic nitrogens is 1. The first-order chi connectivity index (χ1) is 29.7. The summed E-state index contributed by atoms with van der Waals surface area (Å²) >= 11 is 0. The number of aryl methyl sites for hydroxylation is 1. The van der Waals surface area contributed by atoms with Crippen LogP contribution in [0.4, 0.5) is 0 Å². The molecule has 10 atom stereocenters. The van der Waals surface area contributed by atoms with Crippen LogP contribution in [0.1, 0.15) is 105 Å². The molecular weight excluding hydrogens is 827 g/mol. The highest BCUT2D eigenvalue weighted by molar-refractivity contribution is 7.89. The van der Waals surface area contributed by atoms with Crippen LogP contribution < -0.4 is 37.5 Å². The lowest BCUT2D eigenvalue weighted by Crippen LogP contribution is -2.65. The number of sulfonamides is 1. The molecule has 19 heteroatoms. The summed E-state index contributed by atoms with van der Waals surface area (Å²) in [4.78, 5) is 58.4. The van der Waals surface area contributed by atoms with Gasteiger partial charge >= 0.3 is 7.12 Å². The van der Waals surface area contributed by atoms with Crippen molar-refractivity contribution in [3.05, 3.63) is 48.2 Å². The van der Waals surface area contributed by atoms with Gasteiger partial charge in [0.2, 0.25) is 33.7 Å². The molecule has 4 amide bonds. The molecule has 17 nitrogen and oxygen atoms in total. The fourth-order valence-electron chi connectivity index (χ4n) is 9.19. The molecule has 0 spiro atoms. The number of aliphatic hydroxyl groups excluding tert-OH is 1. The first-order valence-electron chi connectivity index (χ1n) is 22.5. The summed E-state index contributed by atoms with van der Waals surface area (Å²) in [6.45, 7) is 13.5. The molecule has 0 radical (unpaired) electrons. The molecule has 6 rings (SSSR count). The normalized spacial score (nSPS) is 24.1. The van der Waals surface area contributed by atoms with E-state index in [2.05, 4.69) is 58.7 Å². The zero-order valence-corrected chi connectivity index (χ0v) is 38.6. The second-order valence-corrected chi connectivity index (χ2v) is 20.1. The molecule has 10 N–H and O–H groups in total. The number of hydrogen-bond acceptors (Lipinski definition) is 12. The van der Waals surface area contributed by atoms with E-state index in [1.807, 2.05) is 24.3 Å². The van der Waals surface area contributed by atoms with Gasteiger partial charge in [-0.15, -0.1) is 0 Å². The molecule has 1 aromatic carbocycles. The minimum absolute atomic E-state index is 0.0701. The number of benzene rings is 1. The van der Waals surface area contributed by atoms with Crippen molar-refractivity contribution < 1.29 is 42.0 Å². The molecule has 3 aliphatic carbocycles. The van der Waals surface area contributed by atoms with Crippen LogP contribution in [0.3, 0.4) is 0 Å². The lowest BCUT2D eigenvalue weighted by molar-refractivity contribution is -0.199. The van der Waals surface area contributed by atoms with E-state index >= 15 is 0 Å². The summed E-state index contributed by atoms with van der Waals surface area (Å²) in [5.74, 6) is -2.61. The molecule has 4 fully saturated rings. The number of unbranched alkanes of at least 4 members (excludes halogenated alkanes) is 2. The van der Waals surface area contributed by atoms with Crippen molar-refractivity contribution >= 4 is 40.8 Å². The Labute approximate surface area is 372 Å². The van der Waals surface area contributed by atoms with Gasteiger partial charge < -0.3 is 47.1 Å². The third kappa shape index (κ3) is 11.8. The number of amides is 4. The maximum Gasteiger partial charge on any atom is 0.481 e. The Kier molecular flexibility index (Phi) is 16.9. The molecule has 2 aromatic rings. The van der Waals surface area contributed by atoms with Crippen molar-refractivity contribution in [2.75, 3.05) is 13.1 Å². The van der Waals surface area contributed by atoms with Crippen LogP contribution in [-0.2, 0) is 44.9 Å². The van der Waals surface area contributed by atoms with E-state index in [0.29, 0.717) is 36.9 Å². The number of carbonyl (C=O) groups is 4. The van der Waals surface area contributed by atoms with Crippen LogP contribution in [0.25, 0.3) is 11.3 Å². The molecule has 1 aromatic heterocycles. The molecule has 63 heavy (non-hydrogen) atoms. The number of carbonyl (C=O) groups excluding carboxylic acids is 4. The Bertz CT molecular complexity index is 2010. The molecule has 1 saturated heterocycles. The minimum atomic E-state index is -4.30. The van der Waals surface area contributed by atoms with E-state index in [0.717, 1.165) is 37.7 Å². The van der Waals surface area contributed by atoms with E-state index in [-0.39, 0.29) is 35.8 Å². The standard InChI is InChI=1S/C44H69BN8O9S/c1-8-9-12-29-14-16-30(17-15-29)33-19-18-32(25-48-33)63(59,60)53-35(20-22-47)41(57)52-38(27(3)54)42(58)49-26(2)39(55)51-34(13-10-11-21-46)40(56)50-28(4)45-61-37-24-31-23-36(43(31,5)6)44(37,7)62-45/h14-19,25-28,31,34-38,53-54H,8-13,20-24,46-47H2,1-7H3,(H,49,58)(H,50,56)(H,51,55)(H,52,57)/t26-,27+,28-,31-,34-,35-,36-,37+,38-,44-/m0/s1. The summed E-state index contributed by atoms with van der Waals surface area (Å²) in [5.41, 5.74) is 13.7. The van der Waals surface area contributed by atoms with Gasteiger partial charge in [-0.2, -0.15) is 4.72 Å². The highest BCUT2D eigenvalue weighted by atomic mass is 32.2. The van der Waals surface area contributed by atoms with E-state index in [4.69, 9.17) is 20.8 Å². The zero-order chi connectivity index (χ0) is 46.3. The van der Waals surface area contributed by atoms with Gasteiger partial charge in [0.1, 0.15) is 29.1 Å². The van der Waals surface area contributed by atoms with Gasteiger partial charge in [0, 0.05) is 11.8 Å². The topological polar surface area (TPSA) is 266 Å². The maximum atomic E-state index is 13.7. The Morgan fingerprint density at radius 2 is 1.56 bits per heavy atom.